The average Bonchev–Trinajstić information content (AvgIpc) is 2.97. The van der Waals surface area contributed by atoms with E-state index in [2.05, 4.69) is 15.5 Å². The predicted molar refractivity (Wildman–Crippen MR) is 100 cm³/mol. The quantitative estimate of drug-likeness (QED) is 0.508. The molecule has 0 fully saturated rings. The second-order valence-electron chi connectivity index (χ2n) is 5.08. The molecule has 0 saturated heterocycles. The van der Waals surface area contributed by atoms with Gasteiger partial charge in [-0.3, -0.25) is 4.79 Å². The average molecular weight is 394 g/mol. The van der Waals surface area contributed by atoms with Gasteiger partial charge in [0.25, 0.3) is 0 Å². The van der Waals surface area contributed by atoms with E-state index < -0.39 is 5.25 Å². The highest BCUT2D eigenvalue weighted by Gasteiger charge is 2.24. The number of carbonyl (C=O) groups excluding carboxylic acids is 1. The molecule has 0 radical (unpaired) electrons. The number of anilines is 1. The molecule has 3 N–H and O–H groups in total. The third kappa shape index (κ3) is 4.45. The summed E-state index contributed by atoms with van der Waals surface area (Å²) in [6.07, 6.45) is 1.37. The summed E-state index contributed by atoms with van der Waals surface area (Å²) in [4.78, 5) is 12.9. The molecule has 6 nitrogen and oxygen atoms in total. The Kier molecular flexibility index (Phi) is 5.47. The molecule has 1 atom stereocenters. The summed E-state index contributed by atoms with van der Waals surface area (Å²) in [6, 6.07) is 14.2. The first-order valence-electron chi connectivity index (χ1n) is 7.16. The fraction of sp³-hybridized carbons (Fsp3) is 0.0625. The molecule has 3 aromatic rings. The molecule has 1 aromatic heterocycles. The number of carbonyl (C=O) groups is 1. The van der Waals surface area contributed by atoms with Crippen molar-refractivity contribution in [3.63, 3.8) is 0 Å². The van der Waals surface area contributed by atoms with Crippen LogP contribution < -0.4 is 11.2 Å². The summed E-state index contributed by atoms with van der Waals surface area (Å²) < 4.78 is 1.27. The number of hydrogen-bond donors (Lipinski definition) is 2. The molecule has 0 aliphatic rings. The number of nitrogens with one attached hydrogen (secondary N) is 1. The normalized spacial score (nSPS) is 11.9. The third-order valence-electron chi connectivity index (χ3n) is 3.23. The molecule has 0 aliphatic carbocycles. The first kappa shape index (κ1) is 17.6. The number of thioether (sulfide) groups is 1. The molecule has 9 heteroatoms. The van der Waals surface area contributed by atoms with Gasteiger partial charge in [-0.05, 0) is 23.8 Å². The summed E-state index contributed by atoms with van der Waals surface area (Å²) in [7, 11) is 0. The zero-order chi connectivity index (χ0) is 17.8. The van der Waals surface area contributed by atoms with Crippen molar-refractivity contribution in [2.24, 2.45) is 0 Å². The zero-order valence-corrected chi connectivity index (χ0v) is 15.1. The Balaban J connectivity index is 1.88. The Morgan fingerprint density at radius 3 is 2.44 bits per heavy atom. The standard InChI is InChI=1S/C16H13Cl2N5OS/c17-11-6-12(18)8-13(7-11)21-15(24)14(10-4-2-1-3-5-10)25-16-22-20-9-23(16)19/h1-9,14H,19H2,(H,21,24)/t14-/m1/s1. The summed E-state index contributed by atoms with van der Waals surface area (Å²) >= 11 is 13.2. The molecule has 0 aliphatic heterocycles. The van der Waals surface area contributed by atoms with Gasteiger partial charge in [0.1, 0.15) is 11.6 Å². The second kappa shape index (κ2) is 7.77. The molecule has 0 saturated carbocycles. The Bertz CT molecular complexity index is 867. The van der Waals surface area contributed by atoms with E-state index in [4.69, 9.17) is 29.0 Å². The number of benzene rings is 2. The molecule has 3 rings (SSSR count). The lowest BCUT2D eigenvalue weighted by molar-refractivity contribution is -0.115. The first-order chi connectivity index (χ1) is 12.0. The third-order valence-corrected chi connectivity index (χ3v) is 4.90. The number of amides is 1. The van der Waals surface area contributed by atoms with Gasteiger partial charge in [0.2, 0.25) is 11.1 Å². The summed E-state index contributed by atoms with van der Waals surface area (Å²) in [5.74, 6) is 5.51. The van der Waals surface area contributed by atoms with Crippen molar-refractivity contribution in [1.82, 2.24) is 14.9 Å². The molecule has 0 spiro atoms. The van der Waals surface area contributed by atoms with E-state index in [1.165, 1.54) is 22.8 Å². The van der Waals surface area contributed by atoms with E-state index in [-0.39, 0.29) is 5.91 Å². The highest BCUT2D eigenvalue weighted by molar-refractivity contribution is 8.00. The molecular formula is C16H13Cl2N5OS. The van der Waals surface area contributed by atoms with Crippen LogP contribution in [0, 0.1) is 0 Å². The van der Waals surface area contributed by atoms with Gasteiger partial charge in [0.05, 0.1) is 0 Å². The van der Waals surface area contributed by atoms with Crippen molar-refractivity contribution in [2.45, 2.75) is 10.4 Å². The van der Waals surface area contributed by atoms with Gasteiger partial charge in [-0.1, -0.05) is 65.3 Å². The number of nitrogens with two attached hydrogens (primary N) is 1. The molecule has 128 valence electrons. The Labute approximate surface area is 158 Å². The number of nitrogen functional groups attached to an aromatic ring is 1. The van der Waals surface area contributed by atoms with Crippen LogP contribution in [0.3, 0.4) is 0 Å². The summed E-state index contributed by atoms with van der Waals surface area (Å²) in [6.45, 7) is 0. The van der Waals surface area contributed by atoms with E-state index in [0.29, 0.717) is 20.9 Å². The van der Waals surface area contributed by atoms with Crippen LogP contribution in [0.1, 0.15) is 10.8 Å². The van der Waals surface area contributed by atoms with Crippen LogP contribution in [0.25, 0.3) is 0 Å². The highest BCUT2D eigenvalue weighted by atomic mass is 35.5. The summed E-state index contributed by atoms with van der Waals surface area (Å²) in [5, 5.41) is 11.2. The molecule has 2 aromatic carbocycles. The number of aromatic nitrogens is 3. The van der Waals surface area contributed by atoms with Crippen LogP contribution in [-0.2, 0) is 4.79 Å². The van der Waals surface area contributed by atoms with Crippen LogP contribution >= 0.6 is 35.0 Å². The van der Waals surface area contributed by atoms with Gasteiger partial charge in [-0.25, -0.2) is 4.68 Å². The molecule has 1 amide bonds. The number of halogens is 2. The van der Waals surface area contributed by atoms with Crippen LogP contribution in [0.5, 0.6) is 0 Å². The van der Waals surface area contributed by atoms with Crippen molar-refractivity contribution >= 4 is 46.6 Å². The van der Waals surface area contributed by atoms with Gasteiger partial charge in [0.15, 0.2) is 0 Å². The van der Waals surface area contributed by atoms with Gasteiger partial charge >= 0.3 is 0 Å². The van der Waals surface area contributed by atoms with E-state index in [1.54, 1.807) is 18.2 Å². The van der Waals surface area contributed by atoms with Gasteiger partial charge in [-0.15, -0.1) is 10.2 Å². The molecule has 0 bridgehead atoms. The van der Waals surface area contributed by atoms with Crippen molar-refractivity contribution in [3.8, 4) is 0 Å². The van der Waals surface area contributed by atoms with Gasteiger partial charge < -0.3 is 11.2 Å². The number of hydrogen-bond acceptors (Lipinski definition) is 5. The lowest BCUT2D eigenvalue weighted by Crippen LogP contribution is -2.20. The Hall–Kier alpha value is -2.22. The minimum absolute atomic E-state index is 0.252. The SMILES string of the molecule is Nn1cnnc1S[C@@H](C(=O)Nc1cc(Cl)cc(Cl)c1)c1ccccc1. The minimum atomic E-state index is -0.578. The Morgan fingerprint density at radius 1 is 1.16 bits per heavy atom. The second-order valence-corrected chi connectivity index (χ2v) is 7.02. The highest BCUT2D eigenvalue weighted by Crippen LogP contribution is 2.35. The largest absolute Gasteiger partial charge is 0.336 e. The maximum atomic E-state index is 12.9. The van der Waals surface area contributed by atoms with Gasteiger partial charge in [-0.2, -0.15) is 0 Å². The van der Waals surface area contributed by atoms with Crippen LogP contribution in [0.4, 0.5) is 5.69 Å². The van der Waals surface area contributed by atoms with Crippen LogP contribution in [0.15, 0.2) is 60.0 Å². The maximum Gasteiger partial charge on any atom is 0.242 e. The fourth-order valence-corrected chi connectivity index (χ4v) is 3.62. The molecule has 25 heavy (non-hydrogen) atoms. The van der Waals surface area contributed by atoms with Gasteiger partial charge in [0, 0.05) is 15.7 Å². The van der Waals surface area contributed by atoms with Crippen LogP contribution in [-0.4, -0.2) is 20.8 Å². The van der Waals surface area contributed by atoms with E-state index in [0.717, 1.165) is 5.56 Å². The van der Waals surface area contributed by atoms with Crippen molar-refractivity contribution in [3.05, 3.63) is 70.5 Å². The minimum Gasteiger partial charge on any atom is -0.336 e. The lowest BCUT2D eigenvalue weighted by Gasteiger charge is -2.16. The fourth-order valence-electron chi connectivity index (χ4n) is 2.16. The van der Waals surface area contributed by atoms with E-state index in [9.17, 15) is 4.79 Å². The topological polar surface area (TPSA) is 85.8 Å². The summed E-state index contributed by atoms with van der Waals surface area (Å²) in [5.41, 5.74) is 1.32. The lowest BCUT2D eigenvalue weighted by atomic mass is 10.1. The maximum absolute atomic E-state index is 12.9. The van der Waals surface area contributed by atoms with E-state index in [1.807, 2.05) is 30.3 Å². The zero-order valence-electron chi connectivity index (χ0n) is 12.8. The number of rotatable bonds is 5. The predicted octanol–water partition coefficient (Wildman–Crippen LogP) is 3.77. The first-order valence-corrected chi connectivity index (χ1v) is 8.80. The van der Waals surface area contributed by atoms with Crippen molar-refractivity contribution in [2.75, 3.05) is 11.2 Å². The molecule has 1 heterocycles. The van der Waals surface area contributed by atoms with E-state index >= 15 is 0 Å². The monoisotopic (exact) mass is 393 g/mol. The number of nitrogens with zero attached hydrogens (tertiary/aromatic N) is 3. The molecular weight excluding hydrogens is 381 g/mol. The van der Waals surface area contributed by atoms with Crippen molar-refractivity contribution < 1.29 is 4.79 Å². The molecule has 0 unspecified atom stereocenters. The van der Waals surface area contributed by atoms with Crippen LogP contribution in [0.2, 0.25) is 10.0 Å². The Morgan fingerprint density at radius 2 is 1.84 bits per heavy atom. The van der Waals surface area contributed by atoms with Crippen molar-refractivity contribution in [1.29, 1.82) is 0 Å². The smallest absolute Gasteiger partial charge is 0.242 e.